The van der Waals surface area contributed by atoms with E-state index in [-0.39, 0.29) is 0 Å². The van der Waals surface area contributed by atoms with Crippen LogP contribution in [0.5, 0.6) is 0 Å². The van der Waals surface area contributed by atoms with Gasteiger partial charge < -0.3 is 9.88 Å². The lowest BCUT2D eigenvalue weighted by molar-refractivity contribution is 0.743. The first-order valence-corrected chi connectivity index (χ1v) is 5.40. The van der Waals surface area contributed by atoms with E-state index in [4.69, 9.17) is 0 Å². The van der Waals surface area contributed by atoms with Crippen LogP contribution in [0.15, 0.2) is 24.3 Å². The van der Waals surface area contributed by atoms with Crippen molar-refractivity contribution in [2.24, 2.45) is 7.05 Å². The molecule has 0 aliphatic carbocycles. The number of hydrogen-bond donors (Lipinski definition) is 1. The van der Waals surface area contributed by atoms with Crippen LogP contribution in [-0.4, -0.2) is 15.6 Å². The van der Waals surface area contributed by atoms with Crippen LogP contribution in [0.2, 0.25) is 0 Å². The van der Waals surface area contributed by atoms with Crippen molar-refractivity contribution in [3.63, 3.8) is 0 Å². The van der Waals surface area contributed by atoms with Crippen molar-refractivity contribution in [1.82, 2.24) is 9.55 Å². The number of nitrogens with zero attached hydrogens (tertiary/aromatic N) is 2. The smallest absolute Gasteiger partial charge is 0.203 e. The summed E-state index contributed by atoms with van der Waals surface area (Å²) >= 11 is 0. The SMILES string of the molecule is CCC(C)Nc1nc2ccccc2n1C. The maximum Gasteiger partial charge on any atom is 0.203 e. The number of rotatable bonds is 3. The quantitative estimate of drug-likeness (QED) is 0.831. The molecule has 0 saturated heterocycles. The highest BCUT2D eigenvalue weighted by Gasteiger charge is 2.08. The molecule has 0 aliphatic rings. The first-order valence-electron chi connectivity index (χ1n) is 5.40. The third-order valence-electron chi connectivity index (χ3n) is 2.78. The molecular weight excluding hydrogens is 186 g/mol. The molecule has 0 saturated carbocycles. The number of imidazole rings is 1. The predicted molar refractivity (Wildman–Crippen MR) is 64.1 cm³/mol. The molecule has 1 N–H and O–H groups in total. The summed E-state index contributed by atoms with van der Waals surface area (Å²) in [6.45, 7) is 4.33. The minimum atomic E-state index is 0.459. The Balaban J connectivity index is 2.40. The molecule has 3 heteroatoms. The molecule has 15 heavy (non-hydrogen) atoms. The Bertz CT molecular complexity index is 459. The van der Waals surface area contributed by atoms with E-state index < -0.39 is 0 Å². The fourth-order valence-corrected chi connectivity index (χ4v) is 1.60. The number of nitrogens with one attached hydrogen (secondary N) is 1. The lowest BCUT2D eigenvalue weighted by Crippen LogP contribution is -2.16. The summed E-state index contributed by atoms with van der Waals surface area (Å²) in [5.41, 5.74) is 2.22. The van der Waals surface area contributed by atoms with Crippen molar-refractivity contribution in [1.29, 1.82) is 0 Å². The third-order valence-corrected chi connectivity index (χ3v) is 2.78. The zero-order valence-corrected chi connectivity index (χ0v) is 9.49. The number of fused-ring (bicyclic) bond motifs is 1. The van der Waals surface area contributed by atoms with Crippen LogP contribution in [0.4, 0.5) is 5.95 Å². The van der Waals surface area contributed by atoms with E-state index in [2.05, 4.69) is 34.8 Å². The third kappa shape index (κ3) is 1.82. The molecule has 1 atom stereocenters. The fourth-order valence-electron chi connectivity index (χ4n) is 1.60. The van der Waals surface area contributed by atoms with Crippen LogP contribution in [0, 0.1) is 0 Å². The van der Waals surface area contributed by atoms with Gasteiger partial charge in [-0.1, -0.05) is 19.1 Å². The van der Waals surface area contributed by atoms with E-state index in [1.165, 1.54) is 5.52 Å². The largest absolute Gasteiger partial charge is 0.353 e. The number of benzene rings is 1. The number of hydrogen-bond acceptors (Lipinski definition) is 2. The Morgan fingerprint density at radius 1 is 1.40 bits per heavy atom. The van der Waals surface area contributed by atoms with Gasteiger partial charge in [0.1, 0.15) is 0 Å². The maximum atomic E-state index is 4.55. The lowest BCUT2D eigenvalue weighted by atomic mass is 10.3. The van der Waals surface area contributed by atoms with Crippen molar-refractivity contribution in [2.75, 3.05) is 5.32 Å². The summed E-state index contributed by atoms with van der Waals surface area (Å²) in [6, 6.07) is 8.64. The van der Waals surface area contributed by atoms with Crippen LogP contribution in [0.3, 0.4) is 0 Å². The standard InChI is InChI=1S/C12H17N3/c1-4-9(2)13-12-14-10-7-5-6-8-11(10)15(12)3/h5-9H,4H2,1-3H3,(H,13,14). The van der Waals surface area contributed by atoms with Crippen LogP contribution < -0.4 is 5.32 Å². The van der Waals surface area contributed by atoms with E-state index in [0.29, 0.717) is 6.04 Å². The van der Waals surface area contributed by atoms with Crippen molar-refractivity contribution in [3.05, 3.63) is 24.3 Å². The minimum absolute atomic E-state index is 0.459. The summed E-state index contributed by atoms with van der Waals surface area (Å²) in [4.78, 5) is 4.55. The van der Waals surface area contributed by atoms with E-state index in [1.54, 1.807) is 0 Å². The van der Waals surface area contributed by atoms with Crippen molar-refractivity contribution < 1.29 is 0 Å². The van der Waals surface area contributed by atoms with Gasteiger partial charge in [-0.05, 0) is 25.5 Å². The van der Waals surface area contributed by atoms with Crippen molar-refractivity contribution in [2.45, 2.75) is 26.3 Å². The van der Waals surface area contributed by atoms with Crippen molar-refractivity contribution >= 4 is 17.0 Å². The number of aryl methyl sites for hydroxylation is 1. The van der Waals surface area contributed by atoms with Crippen LogP contribution in [0.1, 0.15) is 20.3 Å². The highest BCUT2D eigenvalue weighted by atomic mass is 15.2. The summed E-state index contributed by atoms with van der Waals surface area (Å²) in [7, 11) is 2.04. The molecule has 0 fully saturated rings. The predicted octanol–water partition coefficient (Wildman–Crippen LogP) is 2.78. The Hall–Kier alpha value is -1.51. The molecule has 1 unspecified atom stereocenters. The summed E-state index contributed by atoms with van der Waals surface area (Å²) in [6.07, 6.45) is 1.10. The minimum Gasteiger partial charge on any atom is -0.353 e. The van der Waals surface area contributed by atoms with E-state index >= 15 is 0 Å². The zero-order chi connectivity index (χ0) is 10.8. The number of anilines is 1. The summed E-state index contributed by atoms with van der Waals surface area (Å²) < 4.78 is 2.10. The molecule has 0 aliphatic heterocycles. The molecule has 0 bridgehead atoms. The van der Waals surface area contributed by atoms with Gasteiger partial charge in [0, 0.05) is 13.1 Å². The fraction of sp³-hybridized carbons (Fsp3) is 0.417. The van der Waals surface area contributed by atoms with Gasteiger partial charge in [-0.2, -0.15) is 0 Å². The van der Waals surface area contributed by atoms with E-state index in [9.17, 15) is 0 Å². The van der Waals surface area contributed by atoms with Gasteiger partial charge >= 0.3 is 0 Å². The summed E-state index contributed by atoms with van der Waals surface area (Å²) in [5, 5.41) is 3.40. The maximum absolute atomic E-state index is 4.55. The Morgan fingerprint density at radius 3 is 2.80 bits per heavy atom. The molecular formula is C12H17N3. The van der Waals surface area contributed by atoms with E-state index in [1.807, 2.05) is 25.2 Å². The average molecular weight is 203 g/mol. The van der Waals surface area contributed by atoms with Crippen LogP contribution in [-0.2, 0) is 7.05 Å². The molecule has 3 nitrogen and oxygen atoms in total. The first kappa shape index (κ1) is 10.0. The normalized spacial score (nSPS) is 13.0. The molecule has 0 radical (unpaired) electrons. The molecule has 2 rings (SSSR count). The molecule has 80 valence electrons. The molecule has 1 aromatic carbocycles. The topological polar surface area (TPSA) is 29.9 Å². The number of aromatic nitrogens is 2. The average Bonchev–Trinajstić information content (AvgIpc) is 2.57. The van der Waals surface area contributed by atoms with Gasteiger partial charge in [-0.3, -0.25) is 0 Å². The highest BCUT2D eigenvalue weighted by Crippen LogP contribution is 2.18. The van der Waals surface area contributed by atoms with Gasteiger partial charge in [0.2, 0.25) is 5.95 Å². The van der Waals surface area contributed by atoms with Gasteiger partial charge in [-0.25, -0.2) is 4.98 Å². The van der Waals surface area contributed by atoms with Gasteiger partial charge in [0.05, 0.1) is 11.0 Å². The summed E-state index contributed by atoms with van der Waals surface area (Å²) in [5.74, 6) is 0.950. The lowest BCUT2D eigenvalue weighted by Gasteiger charge is -2.11. The van der Waals surface area contributed by atoms with Gasteiger partial charge in [-0.15, -0.1) is 0 Å². The highest BCUT2D eigenvalue weighted by molar-refractivity contribution is 5.78. The van der Waals surface area contributed by atoms with Crippen LogP contribution >= 0.6 is 0 Å². The second-order valence-corrected chi connectivity index (χ2v) is 3.94. The number of para-hydroxylation sites is 2. The Kier molecular flexibility index (Phi) is 2.62. The second-order valence-electron chi connectivity index (χ2n) is 3.94. The van der Waals surface area contributed by atoms with Gasteiger partial charge in [0.15, 0.2) is 0 Å². The monoisotopic (exact) mass is 203 g/mol. The zero-order valence-electron chi connectivity index (χ0n) is 9.49. The molecule has 1 aromatic heterocycles. The molecule has 0 amide bonds. The van der Waals surface area contributed by atoms with Crippen LogP contribution in [0.25, 0.3) is 11.0 Å². The first-order chi connectivity index (χ1) is 7.22. The van der Waals surface area contributed by atoms with Crippen molar-refractivity contribution in [3.8, 4) is 0 Å². The molecule has 2 aromatic rings. The Labute approximate surface area is 90.1 Å². The Morgan fingerprint density at radius 2 is 2.13 bits per heavy atom. The van der Waals surface area contributed by atoms with E-state index in [0.717, 1.165) is 17.9 Å². The second kappa shape index (κ2) is 3.93. The molecule has 1 heterocycles. The van der Waals surface area contributed by atoms with Gasteiger partial charge in [0.25, 0.3) is 0 Å². The molecule has 0 spiro atoms.